The Bertz CT molecular complexity index is 413. The highest BCUT2D eigenvalue weighted by Gasteiger charge is 2.17. The summed E-state index contributed by atoms with van der Waals surface area (Å²) in [6.07, 6.45) is 8.99. The van der Waals surface area contributed by atoms with Crippen LogP contribution in [0, 0.1) is 5.92 Å². The molecule has 1 N–H and O–H groups in total. The molecule has 0 aliphatic heterocycles. The molecule has 2 rings (SSSR count). The molecule has 1 aromatic heterocycles. The van der Waals surface area contributed by atoms with Gasteiger partial charge in [-0.3, -0.25) is 9.13 Å². The number of hydrogen-bond acceptors (Lipinski definition) is 2. The van der Waals surface area contributed by atoms with Crippen molar-refractivity contribution in [2.75, 3.05) is 6.54 Å². The normalized spacial score (nSPS) is 24.3. The minimum atomic E-state index is 0.108. The molecule has 0 saturated heterocycles. The number of hydrogen-bond donors (Lipinski definition) is 1. The van der Waals surface area contributed by atoms with E-state index in [2.05, 4.69) is 12.2 Å². The van der Waals surface area contributed by atoms with Gasteiger partial charge in [-0.05, 0) is 38.5 Å². The largest absolute Gasteiger partial charge is 0.328 e. The molecule has 18 heavy (non-hydrogen) atoms. The molecule has 1 heterocycles. The van der Waals surface area contributed by atoms with Gasteiger partial charge in [0, 0.05) is 38.1 Å². The van der Waals surface area contributed by atoms with Gasteiger partial charge in [0.05, 0.1) is 0 Å². The monoisotopic (exact) mass is 251 g/mol. The Hall–Kier alpha value is -1.03. The van der Waals surface area contributed by atoms with E-state index in [0.29, 0.717) is 6.04 Å². The maximum Gasteiger partial charge on any atom is 0.328 e. The zero-order valence-electron chi connectivity index (χ0n) is 11.6. The third-order valence-corrected chi connectivity index (χ3v) is 4.06. The van der Waals surface area contributed by atoms with Gasteiger partial charge in [-0.15, -0.1) is 0 Å². The molecule has 1 aromatic rings. The lowest BCUT2D eigenvalue weighted by molar-refractivity contribution is 0.305. The molecule has 4 nitrogen and oxygen atoms in total. The van der Waals surface area contributed by atoms with E-state index in [9.17, 15) is 4.79 Å². The molecule has 0 unspecified atom stereocenters. The summed E-state index contributed by atoms with van der Waals surface area (Å²) in [5.74, 6) is 0.893. The molecule has 102 valence electrons. The van der Waals surface area contributed by atoms with Crippen molar-refractivity contribution in [3.8, 4) is 0 Å². The van der Waals surface area contributed by atoms with Gasteiger partial charge < -0.3 is 5.32 Å². The summed E-state index contributed by atoms with van der Waals surface area (Å²) in [5.41, 5.74) is 0.108. The average Bonchev–Trinajstić information content (AvgIpc) is 2.73. The number of imidazole rings is 1. The zero-order chi connectivity index (χ0) is 13.0. The minimum absolute atomic E-state index is 0.108. The minimum Gasteiger partial charge on any atom is -0.312 e. The maximum atomic E-state index is 11.8. The second-order valence-electron chi connectivity index (χ2n) is 5.47. The van der Waals surface area contributed by atoms with Crippen molar-refractivity contribution in [1.29, 1.82) is 0 Å². The fourth-order valence-corrected chi connectivity index (χ4v) is 2.72. The molecule has 0 radical (unpaired) electrons. The van der Waals surface area contributed by atoms with Gasteiger partial charge in [0.15, 0.2) is 0 Å². The van der Waals surface area contributed by atoms with E-state index in [-0.39, 0.29) is 5.69 Å². The van der Waals surface area contributed by atoms with Crippen LogP contribution in [0.1, 0.15) is 39.5 Å². The van der Waals surface area contributed by atoms with Crippen molar-refractivity contribution < 1.29 is 0 Å². The second-order valence-corrected chi connectivity index (χ2v) is 5.47. The molecule has 0 amide bonds. The summed E-state index contributed by atoms with van der Waals surface area (Å²) in [7, 11) is 0. The lowest BCUT2D eigenvalue weighted by atomic mass is 9.87. The molecule has 0 atom stereocenters. The number of nitrogens with zero attached hydrogens (tertiary/aromatic N) is 2. The van der Waals surface area contributed by atoms with E-state index in [1.165, 1.54) is 25.7 Å². The molecule has 0 aromatic carbocycles. The van der Waals surface area contributed by atoms with Crippen molar-refractivity contribution in [3.63, 3.8) is 0 Å². The fraction of sp³-hybridized carbons (Fsp3) is 0.786. The Morgan fingerprint density at radius 2 is 1.89 bits per heavy atom. The zero-order valence-corrected chi connectivity index (χ0v) is 11.6. The summed E-state index contributed by atoms with van der Waals surface area (Å²) < 4.78 is 3.53. The molecule has 1 aliphatic carbocycles. The highest BCUT2D eigenvalue weighted by atomic mass is 16.1. The summed E-state index contributed by atoms with van der Waals surface area (Å²) in [6, 6.07) is 0.658. The van der Waals surface area contributed by atoms with E-state index in [1.54, 1.807) is 9.13 Å². The van der Waals surface area contributed by atoms with Gasteiger partial charge in [0.1, 0.15) is 0 Å². The standard InChI is InChI=1S/C14H25N3O/c1-3-16-10-11-17(14(16)18)9-8-15-13-6-4-12(2)5-7-13/h10-13,15H,3-9H2,1-2H3. The van der Waals surface area contributed by atoms with Crippen LogP contribution in [0.25, 0.3) is 0 Å². The molecule has 4 heteroatoms. The summed E-state index contributed by atoms with van der Waals surface area (Å²) >= 11 is 0. The van der Waals surface area contributed by atoms with Crippen LogP contribution in [-0.4, -0.2) is 21.7 Å². The smallest absolute Gasteiger partial charge is 0.312 e. The lowest BCUT2D eigenvalue weighted by Gasteiger charge is -2.27. The van der Waals surface area contributed by atoms with Gasteiger partial charge in [-0.2, -0.15) is 0 Å². The van der Waals surface area contributed by atoms with Crippen molar-refractivity contribution in [3.05, 3.63) is 22.9 Å². The molecule has 1 fully saturated rings. The quantitative estimate of drug-likeness (QED) is 0.867. The Morgan fingerprint density at radius 1 is 1.22 bits per heavy atom. The van der Waals surface area contributed by atoms with Gasteiger partial charge in [0.2, 0.25) is 0 Å². The predicted molar refractivity (Wildman–Crippen MR) is 73.8 cm³/mol. The van der Waals surface area contributed by atoms with Crippen molar-refractivity contribution in [2.24, 2.45) is 5.92 Å². The van der Waals surface area contributed by atoms with E-state index in [0.717, 1.165) is 25.6 Å². The van der Waals surface area contributed by atoms with E-state index in [4.69, 9.17) is 0 Å². The average molecular weight is 251 g/mol. The van der Waals surface area contributed by atoms with Crippen LogP contribution in [0.5, 0.6) is 0 Å². The fourth-order valence-electron chi connectivity index (χ4n) is 2.72. The second kappa shape index (κ2) is 6.23. The molecular formula is C14H25N3O. The van der Waals surface area contributed by atoms with Crippen LogP contribution in [0.3, 0.4) is 0 Å². The van der Waals surface area contributed by atoms with Crippen LogP contribution >= 0.6 is 0 Å². The molecule has 0 bridgehead atoms. The van der Waals surface area contributed by atoms with Crippen molar-refractivity contribution >= 4 is 0 Å². The first-order valence-electron chi connectivity index (χ1n) is 7.19. The number of aromatic nitrogens is 2. The van der Waals surface area contributed by atoms with Gasteiger partial charge >= 0.3 is 5.69 Å². The first kappa shape index (κ1) is 13.4. The maximum absolute atomic E-state index is 11.8. The van der Waals surface area contributed by atoms with Crippen LogP contribution < -0.4 is 11.0 Å². The van der Waals surface area contributed by atoms with Crippen molar-refractivity contribution in [2.45, 2.75) is 58.7 Å². The topological polar surface area (TPSA) is 39.0 Å². The first-order chi connectivity index (χ1) is 8.70. The predicted octanol–water partition coefficient (Wildman–Crippen LogP) is 1.84. The Morgan fingerprint density at radius 3 is 2.50 bits per heavy atom. The number of nitrogens with one attached hydrogen (secondary N) is 1. The highest BCUT2D eigenvalue weighted by Crippen LogP contribution is 2.23. The van der Waals surface area contributed by atoms with Crippen LogP contribution in [0.2, 0.25) is 0 Å². The van der Waals surface area contributed by atoms with Crippen LogP contribution in [0.15, 0.2) is 17.2 Å². The summed E-state index contributed by atoms with van der Waals surface area (Å²) in [5, 5.41) is 3.58. The molecular weight excluding hydrogens is 226 g/mol. The van der Waals surface area contributed by atoms with Crippen LogP contribution in [-0.2, 0) is 13.1 Å². The SMILES string of the molecule is CCn1ccn(CCNC2CCC(C)CC2)c1=O. The Labute approximate surface area is 109 Å². The molecule has 1 aliphatic rings. The third kappa shape index (κ3) is 3.25. The van der Waals surface area contributed by atoms with E-state index < -0.39 is 0 Å². The van der Waals surface area contributed by atoms with Gasteiger partial charge in [0.25, 0.3) is 0 Å². The summed E-state index contributed by atoms with van der Waals surface area (Å²) in [6.45, 7) is 6.75. The van der Waals surface area contributed by atoms with Gasteiger partial charge in [-0.25, -0.2) is 4.79 Å². The van der Waals surface area contributed by atoms with E-state index in [1.807, 2.05) is 19.3 Å². The van der Waals surface area contributed by atoms with Crippen molar-refractivity contribution in [1.82, 2.24) is 14.5 Å². The first-order valence-corrected chi connectivity index (χ1v) is 7.19. The highest BCUT2D eigenvalue weighted by molar-refractivity contribution is 4.82. The number of aryl methyl sites for hydroxylation is 1. The van der Waals surface area contributed by atoms with Crippen LogP contribution in [0.4, 0.5) is 0 Å². The Balaban J connectivity index is 1.75. The number of rotatable bonds is 5. The van der Waals surface area contributed by atoms with Gasteiger partial charge in [-0.1, -0.05) is 6.92 Å². The molecule has 1 saturated carbocycles. The third-order valence-electron chi connectivity index (χ3n) is 4.06. The Kier molecular flexibility index (Phi) is 4.64. The summed E-state index contributed by atoms with van der Waals surface area (Å²) in [4.78, 5) is 11.8. The lowest BCUT2D eigenvalue weighted by Crippen LogP contribution is -2.36. The van der Waals surface area contributed by atoms with E-state index >= 15 is 0 Å². The molecule has 0 spiro atoms.